The van der Waals surface area contributed by atoms with Crippen molar-refractivity contribution in [3.05, 3.63) is 30.3 Å². The van der Waals surface area contributed by atoms with Gasteiger partial charge in [-0.2, -0.15) is 5.26 Å². The molecule has 0 aliphatic rings. The van der Waals surface area contributed by atoms with Crippen LogP contribution in [0.4, 0.5) is 5.69 Å². The van der Waals surface area contributed by atoms with Crippen molar-refractivity contribution in [2.45, 2.75) is 32.7 Å². The molecule has 0 aliphatic heterocycles. The van der Waals surface area contributed by atoms with Crippen molar-refractivity contribution < 1.29 is 0 Å². The third-order valence-electron chi connectivity index (χ3n) is 2.76. The lowest BCUT2D eigenvalue weighted by Crippen LogP contribution is -2.26. The Hall–Kier alpha value is -1.49. The number of anilines is 1. The van der Waals surface area contributed by atoms with Gasteiger partial charge in [0.2, 0.25) is 0 Å². The van der Waals surface area contributed by atoms with Gasteiger partial charge in [-0.25, -0.2) is 0 Å². The van der Waals surface area contributed by atoms with Gasteiger partial charge in [0, 0.05) is 5.69 Å². The molecular formula is C13H18N2. The molecule has 15 heavy (non-hydrogen) atoms. The standard InChI is InChI=1S/C13H18N2/c1-3-11(4-2)13(10-14)15-12-8-6-5-7-9-12/h5-9,11,13,15H,3-4H2,1-2H3. The molecule has 2 nitrogen and oxygen atoms in total. The second-order valence-electron chi connectivity index (χ2n) is 3.69. The maximum Gasteiger partial charge on any atom is 0.117 e. The lowest BCUT2D eigenvalue weighted by molar-refractivity contribution is 0.469. The minimum atomic E-state index is -0.0811. The lowest BCUT2D eigenvalue weighted by atomic mass is 9.95. The first-order chi connectivity index (χ1) is 7.31. The summed E-state index contributed by atoms with van der Waals surface area (Å²) in [4.78, 5) is 0. The summed E-state index contributed by atoms with van der Waals surface area (Å²) in [6.07, 6.45) is 2.07. The highest BCUT2D eigenvalue weighted by molar-refractivity contribution is 5.44. The molecule has 1 rings (SSSR count). The smallest absolute Gasteiger partial charge is 0.117 e. The summed E-state index contributed by atoms with van der Waals surface area (Å²) in [7, 11) is 0. The van der Waals surface area contributed by atoms with E-state index in [0.717, 1.165) is 18.5 Å². The van der Waals surface area contributed by atoms with Gasteiger partial charge in [0.1, 0.15) is 6.04 Å². The van der Waals surface area contributed by atoms with Crippen LogP contribution in [0.1, 0.15) is 26.7 Å². The van der Waals surface area contributed by atoms with Gasteiger partial charge in [0.25, 0.3) is 0 Å². The van der Waals surface area contributed by atoms with Crippen LogP contribution >= 0.6 is 0 Å². The van der Waals surface area contributed by atoms with Crippen molar-refractivity contribution in [3.8, 4) is 6.07 Å². The number of nitrogens with zero attached hydrogens (tertiary/aromatic N) is 1. The van der Waals surface area contributed by atoms with E-state index in [2.05, 4.69) is 25.2 Å². The molecule has 0 fully saturated rings. The monoisotopic (exact) mass is 202 g/mol. The molecule has 1 unspecified atom stereocenters. The Kier molecular flexibility index (Phi) is 4.70. The fourth-order valence-corrected chi connectivity index (χ4v) is 1.73. The van der Waals surface area contributed by atoms with E-state index >= 15 is 0 Å². The molecule has 0 aliphatic carbocycles. The van der Waals surface area contributed by atoms with Crippen LogP contribution in [-0.4, -0.2) is 6.04 Å². The minimum absolute atomic E-state index is 0.0811. The maximum absolute atomic E-state index is 9.11. The molecular weight excluding hydrogens is 184 g/mol. The Morgan fingerprint density at radius 3 is 2.27 bits per heavy atom. The molecule has 0 saturated carbocycles. The normalized spacial score (nSPS) is 12.1. The SMILES string of the molecule is CCC(CC)C(C#N)Nc1ccccc1. The second kappa shape index (κ2) is 6.08. The zero-order valence-electron chi connectivity index (χ0n) is 9.40. The van der Waals surface area contributed by atoms with Gasteiger partial charge >= 0.3 is 0 Å². The summed E-state index contributed by atoms with van der Waals surface area (Å²) in [6.45, 7) is 4.26. The van der Waals surface area contributed by atoms with E-state index < -0.39 is 0 Å². The predicted molar refractivity (Wildman–Crippen MR) is 63.5 cm³/mol. The number of nitriles is 1. The average molecular weight is 202 g/mol. The summed E-state index contributed by atoms with van der Waals surface area (Å²) < 4.78 is 0. The predicted octanol–water partition coefficient (Wildman–Crippen LogP) is 3.43. The van der Waals surface area contributed by atoms with Crippen LogP contribution in [0.3, 0.4) is 0 Å². The van der Waals surface area contributed by atoms with Crippen molar-refractivity contribution in [1.82, 2.24) is 0 Å². The fraction of sp³-hybridized carbons (Fsp3) is 0.462. The van der Waals surface area contributed by atoms with E-state index in [-0.39, 0.29) is 6.04 Å². The number of rotatable bonds is 5. The van der Waals surface area contributed by atoms with Crippen molar-refractivity contribution in [2.24, 2.45) is 5.92 Å². The zero-order valence-corrected chi connectivity index (χ0v) is 9.40. The van der Waals surface area contributed by atoms with Crippen molar-refractivity contribution in [3.63, 3.8) is 0 Å². The minimum Gasteiger partial charge on any atom is -0.370 e. The van der Waals surface area contributed by atoms with Gasteiger partial charge in [0.05, 0.1) is 6.07 Å². The molecule has 0 saturated heterocycles. The largest absolute Gasteiger partial charge is 0.370 e. The van der Waals surface area contributed by atoms with Gasteiger partial charge < -0.3 is 5.32 Å². The van der Waals surface area contributed by atoms with Gasteiger partial charge in [-0.1, -0.05) is 44.9 Å². The molecule has 1 aromatic carbocycles. The fourth-order valence-electron chi connectivity index (χ4n) is 1.73. The molecule has 1 atom stereocenters. The zero-order chi connectivity index (χ0) is 11.1. The molecule has 0 spiro atoms. The highest BCUT2D eigenvalue weighted by Crippen LogP contribution is 2.17. The van der Waals surface area contributed by atoms with E-state index in [4.69, 9.17) is 5.26 Å². The first-order valence-corrected chi connectivity index (χ1v) is 5.53. The van der Waals surface area contributed by atoms with E-state index in [9.17, 15) is 0 Å². The molecule has 0 bridgehead atoms. The summed E-state index contributed by atoms with van der Waals surface area (Å²) in [5.74, 6) is 0.426. The van der Waals surface area contributed by atoms with Crippen LogP contribution in [0, 0.1) is 17.2 Å². The van der Waals surface area contributed by atoms with Gasteiger partial charge in [-0.15, -0.1) is 0 Å². The Labute approximate surface area is 91.9 Å². The third kappa shape index (κ3) is 3.28. The Morgan fingerprint density at radius 2 is 1.80 bits per heavy atom. The van der Waals surface area contributed by atoms with Crippen LogP contribution in [-0.2, 0) is 0 Å². The molecule has 1 aromatic rings. The third-order valence-corrected chi connectivity index (χ3v) is 2.76. The average Bonchev–Trinajstić information content (AvgIpc) is 2.30. The molecule has 2 heteroatoms. The summed E-state index contributed by atoms with van der Waals surface area (Å²) in [6, 6.07) is 12.2. The topological polar surface area (TPSA) is 35.8 Å². The molecule has 0 amide bonds. The summed E-state index contributed by atoms with van der Waals surface area (Å²) in [5.41, 5.74) is 1.02. The molecule has 1 N–H and O–H groups in total. The van der Waals surface area contributed by atoms with Crippen LogP contribution in [0.2, 0.25) is 0 Å². The first-order valence-electron chi connectivity index (χ1n) is 5.53. The van der Waals surface area contributed by atoms with Crippen molar-refractivity contribution in [2.75, 3.05) is 5.32 Å². The van der Waals surface area contributed by atoms with Crippen LogP contribution in [0.5, 0.6) is 0 Å². The lowest BCUT2D eigenvalue weighted by Gasteiger charge is -2.20. The molecule has 0 heterocycles. The van der Waals surface area contributed by atoms with Crippen LogP contribution in [0.25, 0.3) is 0 Å². The Bertz CT molecular complexity index is 309. The quantitative estimate of drug-likeness (QED) is 0.794. The number of para-hydroxylation sites is 1. The molecule has 0 radical (unpaired) electrons. The van der Waals surface area contributed by atoms with E-state index in [1.807, 2.05) is 30.3 Å². The first kappa shape index (κ1) is 11.6. The second-order valence-corrected chi connectivity index (χ2v) is 3.69. The Balaban J connectivity index is 2.66. The maximum atomic E-state index is 9.11. The van der Waals surface area contributed by atoms with E-state index in [1.54, 1.807) is 0 Å². The van der Waals surface area contributed by atoms with E-state index in [1.165, 1.54) is 0 Å². The number of benzene rings is 1. The number of hydrogen-bond acceptors (Lipinski definition) is 2. The van der Waals surface area contributed by atoms with Crippen molar-refractivity contribution >= 4 is 5.69 Å². The van der Waals surface area contributed by atoms with Gasteiger partial charge in [-0.05, 0) is 18.1 Å². The molecule has 80 valence electrons. The summed E-state index contributed by atoms with van der Waals surface area (Å²) >= 11 is 0. The summed E-state index contributed by atoms with van der Waals surface area (Å²) in [5, 5.41) is 12.4. The molecule has 0 aromatic heterocycles. The number of hydrogen-bond donors (Lipinski definition) is 1. The van der Waals surface area contributed by atoms with Crippen molar-refractivity contribution in [1.29, 1.82) is 5.26 Å². The highest BCUT2D eigenvalue weighted by atomic mass is 14.9. The number of nitrogens with one attached hydrogen (secondary N) is 1. The van der Waals surface area contributed by atoms with Gasteiger partial charge in [0.15, 0.2) is 0 Å². The van der Waals surface area contributed by atoms with E-state index in [0.29, 0.717) is 5.92 Å². The van der Waals surface area contributed by atoms with Gasteiger partial charge in [-0.3, -0.25) is 0 Å². The highest BCUT2D eigenvalue weighted by Gasteiger charge is 2.17. The van der Waals surface area contributed by atoms with Crippen LogP contribution in [0.15, 0.2) is 30.3 Å². The van der Waals surface area contributed by atoms with Crippen LogP contribution < -0.4 is 5.32 Å². The Morgan fingerprint density at radius 1 is 1.20 bits per heavy atom.